The van der Waals surface area contributed by atoms with Crippen LogP contribution in [0.4, 0.5) is 10.1 Å². The number of carbonyl (C=O) groups is 1. The maximum absolute atomic E-state index is 13.1. The van der Waals surface area contributed by atoms with E-state index in [4.69, 9.17) is 28.6 Å². The van der Waals surface area contributed by atoms with Gasteiger partial charge in [0.1, 0.15) is 11.9 Å². The van der Waals surface area contributed by atoms with Crippen LogP contribution in [0.5, 0.6) is 0 Å². The number of aliphatic hydroxyl groups excluding tert-OH is 1. The molecule has 0 aliphatic carbocycles. The minimum Gasteiger partial charge on any atom is -0.451 e. The van der Waals surface area contributed by atoms with Crippen molar-refractivity contribution in [1.29, 1.82) is 0 Å². The lowest BCUT2D eigenvalue weighted by atomic mass is 9.92. The Morgan fingerprint density at radius 1 is 1.21 bits per heavy atom. The van der Waals surface area contributed by atoms with Crippen molar-refractivity contribution in [3.05, 3.63) is 64.9 Å². The lowest BCUT2D eigenvalue weighted by Gasteiger charge is -2.26. The molecule has 124 valence electrons. The van der Waals surface area contributed by atoms with Crippen LogP contribution in [0.15, 0.2) is 48.5 Å². The summed E-state index contributed by atoms with van der Waals surface area (Å²) in [5.74, 6) is -0.945. The van der Waals surface area contributed by atoms with Crippen molar-refractivity contribution in [3.63, 3.8) is 0 Å². The molecule has 7 heteroatoms. The molecule has 1 fully saturated rings. The van der Waals surface area contributed by atoms with Gasteiger partial charge in [-0.3, -0.25) is 4.79 Å². The van der Waals surface area contributed by atoms with Crippen molar-refractivity contribution in [2.24, 2.45) is 0 Å². The molecule has 0 radical (unpaired) electrons. The van der Waals surface area contributed by atoms with E-state index in [0.717, 1.165) is 0 Å². The number of anilines is 1. The second kappa shape index (κ2) is 6.12. The van der Waals surface area contributed by atoms with Crippen molar-refractivity contribution in [2.45, 2.75) is 18.6 Å². The summed E-state index contributed by atoms with van der Waals surface area (Å²) >= 11 is 11.0. The number of amides is 1. The minimum absolute atomic E-state index is 0.0639. The third-order valence-corrected chi connectivity index (χ3v) is 4.42. The van der Waals surface area contributed by atoms with Gasteiger partial charge in [0.15, 0.2) is 0 Å². The van der Waals surface area contributed by atoms with Crippen molar-refractivity contribution >= 4 is 40.6 Å². The van der Waals surface area contributed by atoms with Gasteiger partial charge in [0.05, 0.1) is 5.69 Å². The summed E-state index contributed by atoms with van der Waals surface area (Å²) < 4.78 is 18.6. The number of nitrogens with zero attached hydrogens (tertiary/aromatic N) is 1. The zero-order valence-corrected chi connectivity index (χ0v) is 14.1. The molecule has 3 rings (SSSR count). The summed E-state index contributed by atoms with van der Waals surface area (Å²) in [6.45, 7) is 1.45. The third kappa shape index (κ3) is 2.77. The van der Waals surface area contributed by atoms with Crippen LogP contribution < -0.4 is 4.90 Å². The van der Waals surface area contributed by atoms with E-state index in [2.05, 4.69) is 0 Å². The van der Waals surface area contributed by atoms with Gasteiger partial charge < -0.3 is 9.84 Å². The van der Waals surface area contributed by atoms with E-state index in [1.165, 1.54) is 36.1 Å². The Bertz CT molecular complexity index is 796. The van der Waals surface area contributed by atoms with Crippen molar-refractivity contribution < 1.29 is 19.0 Å². The number of benzene rings is 2. The second-order valence-electron chi connectivity index (χ2n) is 5.55. The van der Waals surface area contributed by atoms with Crippen LogP contribution in [0.3, 0.4) is 0 Å². The first-order valence-corrected chi connectivity index (χ1v) is 7.88. The molecule has 2 aromatic rings. The molecule has 1 N–H and O–H groups in total. The first kappa shape index (κ1) is 16.8. The number of hydrogen-bond donors (Lipinski definition) is 1. The molecule has 1 saturated heterocycles. The van der Waals surface area contributed by atoms with Crippen LogP contribution in [0.25, 0.3) is 0 Å². The Balaban J connectivity index is 1.94. The molecule has 1 aliphatic heterocycles. The quantitative estimate of drug-likeness (QED) is 0.844. The van der Waals surface area contributed by atoms with E-state index in [0.29, 0.717) is 16.3 Å². The zero-order valence-electron chi connectivity index (χ0n) is 12.6. The molecule has 0 aromatic heterocycles. The Morgan fingerprint density at radius 3 is 2.38 bits per heavy atom. The van der Waals surface area contributed by atoms with Gasteiger partial charge in [-0.25, -0.2) is 9.29 Å². The zero-order chi connectivity index (χ0) is 17.5. The van der Waals surface area contributed by atoms with Crippen LogP contribution in [-0.4, -0.2) is 21.8 Å². The molecular formula is C17H13ClFNO3S. The van der Waals surface area contributed by atoms with Gasteiger partial charge >= 0.3 is 0 Å². The number of hydrogen-bond acceptors (Lipinski definition) is 4. The molecular weight excluding hydrogens is 353 g/mol. The number of ether oxygens (including phenoxy) is 1. The largest absolute Gasteiger partial charge is 0.451 e. The van der Waals surface area contributed by atoms with E-state index in [1.54, 1.807) is 24.3 Å². The summed E-state index contributed by atoms with van der Waals surface area (Å²) in [5.41, 5.74) is -0.758. The number of aliphatic hydroxyl groups is 1. The van der Waals surface area contributed by atoms with Gasteiger partial charge in [0.2, 0.25) is 5.60 Å². The summed E-state index contributed by atoms with van der Waals surface area (Å²) in [4.78, 5) is 14.1. The molecule has 2 aromatic carbocycles. The molecule has 24 heavy (non-hydrogen) atoms. The fourth-order valence-corrected chi connectivity index (χ4v) is 3.01. The smallest absolute Gasteiger partial charge is 0.281 e. The monoisotopic (exact) mass is 365 g/mol. The van der Waals surface area contributed by atoms with E-state index < -0.39 is 23.4 Å². The normalized spacial score (nSPS) is 21.8. The van der Waals surface area contributed by atoms with E-state index in [1.807, 2.05) is 0 Å². The van der Waals surface area contributed by atoms with E-state index >= 15 is 0 Å². The number of halogens is 2. The van der Waals surface area contributed by atoms with Crippen LogP contribution in [0.1, 0.15) is 18.6 Å². The Labute approximate surface area is 148 Å². The molecule has 2 atom stereocenters. The minimum atomic E-state index is -1.60. The molecule has 4 nitrogen and oxygen atoms in total. The molecule has 2 unspecified atom stereocenters. The van der Waals surface area contributed by atoms with Gasteiger partial charge in [-0.1, -0.05) is 23.7 Å². The Kier molecular flexibility index (Phi) is 4.29. The summed E-state index contributed by atoms with van der Waals surface area (Å²) in [7, 11) is 0. The molecule has 1 amide bonds. The molecule has 0 bridgehead atoms. The highest BCUT2D eigenvalue weighted by molar-refractivity contribution is 7.80. The maximum atomic E-state index is 13.1. The average molecular weight is 366 g/mol. The lowest BCUT2D eigenvalue weighted by molar-refractivity contribution is -0.137. The van der Waals surface area contributed by atoms with E-state index in [-0.39, 0.29) is 5.17 Å². The topological polar surface area (TPSA) is 49.8 Å². The summed E-state index contributed by atoms with van der Waals surface area (Å²) in [5, 5.41) is 11.0. The molecule has 1 aliphatic rings. The first-order valence-electron chi connectivity index (χ1n) is 7.09. The molecule has 0 spiro atoms. The fraction of sp³-hybridized carbons (Fsp3) is 0.176. The van der Waals surface area contributed by atoms with Gasteiger partial charge in [0, 0.05) is 5.02 Å². The van der Waals surface area contributed by atoms with Gasteiger partial charge in [-0.15, -0.1) is 0 Å². The second-order valence-corrected chi connectivity index (χ2v) is 6.33. The lowest BCUT2D eigenvalue weighted by Crippen LogP contribution is -2.43. The van der Waals surface area contributed by atoms with Crippen LogP contribution in [0.2, 0.25) is 5.02 Å². The SMILES string of the molecule is CC1(C(O)c2ccc(F)cc2)OC(=S)N(c2ccc(Cl)cc2)C1=O. The average Bonchev–Trinajstić information content (AvgIpc) is 2.79. The highest BCUT2D eigenvalue weighted by Crippen LogP contribution is 2.38. The highest BCUT2D eigenvalue weighted by atomic mass is 35.5. The van der Waals surface area contributed by atoms with Gasteiger partial charge in [-0.2, -0.15) is 0 Å². The van der Waals surface area contributed by atoms with Crippen molar-refractivity contribution in [3.8, 4) is 0 Å². The van der Waals surface area contributed by atoms with Gasteiger partial charge in [0.25, 0.3) is 11.1 Å². The maximum Gasteiger partial charge on any atom is 0.281 e. The van der Waals surface area contributed by atoms with Crippen molar-refractivity contribution in [2.75, 3.05) is 4.90 Å². The number of rotatable bonds is 3. The first-order chi connectivity index (χ1) is 11.3. The molecule has 0 saturated carbocycles. The molecule has 1 heterocycles. The Hall–Kier alpha value is -2.02. The van der Waals surface area contributed by atoms with E-state index in [9.17, 15) is 14.3 Å². The van der Waals surface area contributed by atoms with Crippen LogP contribution in [-0.2, 0) is 9.53 Å². The predicted octanol–water partition coefficient (Wildman–Crippen LogP) is 3.62. The predicted molar refractivity (Wildman–Crippen MR) is 92.4 cm³/mol. The standard InChI is InChI=1S/C17H13ClFNO3S/c1-17(14(21)10-2-6-12(19)7-3-10)15(22)20(16(24)23-17)13-8-4-11(18)5-9-13/h2-9,14,21H,1H3. The summed E-state index contributed by atoms with van der Waals surface area (Å²) in [6, 6.07) is 11.7. The highest BCUT2D eigenvalue weighted by Gasteiger charge is 2.54. The number of thiocarbonyl (C=S) groups is 1. The summed E-state index contributed by atoms with van der Waals surface area (Å²) in [6.07, 6.45) is -1.30. The van der Waals surface area contributed by atoms with Crippen molar-refractivity contribution in [1.82, 2.24) is 0 Å². The third-order valence-electron chi connectivity index (χ3n) is 3.90. The Morgan fingerprint density at radius 2 is 1.79 bits per heavy atom. The fourth-order valence-electron chi connectivity index (χ4n) is 2.52. The van der Waals surface area contributed by atoms with Gasteiger partial charge in [-0.05, 0) is 61.1 Å². The van der Waals surface area contributed by atoms with Crippen LogP contribution in [0, 0.1) is 5.82 Å². The van der Waals surface area contributed by atoms with Crippen LogP contribution >= 0.6 is 23.8 Å². The number of carbonyl (C=O) groups excluding carboxylic acids is 1.